The summed E-state index contributed by atoms with van der Waals surface area (Å²) in [6.07, 6.45) is 0. The topological polar surface area (TPSA) is 46.2 Å². The van der Waals surface area contributed by atoms with Crippen LogP contribution in [0.4, 0.5) is 5.69 Å². The van der Waals surface area contributed by atoms with Gasteiger partial charge >= 0.3 is 0 Å². The molecule has 0 aromatic heterocycles. The molecule has 0 saturated heterocycles. The van der Waals surface area contributed by atoms with Gasteiger partial charge in [-0.1, -0.05) is 17.9 Å². The van der Waals surface area contributed by atoms with Crippen molar-refractivity contribution in [2.75, 3.05) is 12.3 Å². The lowest BCUT2D eigenvalue weighted by molar-refractivity contribution is 0.266. The van der Waals surface area contributed by atoms with E-state index in [1.54, 1.807) is 0 Å². The van der Waals surface area contributed by atoms with E-state index >= 15 is 0 Å². The lowest BCUT2D eigenvalue weighted by atomic mass is 10.1. The molecule has 0 amide bonds. The van der Waals surface area contributed by atoms with Crippen LogP contribution in [0.2, 0.25) is 0 Å². The number of hydrogen-bond acceptors (Lipinski definition) is 2. The molecule has 0 fully saturated rings. The van der Waals surface area contributed by atoms with Gasteiger partial charge in [-0.15, -0.1) is 0 Å². The number of aliphatic hydroxyl groups excluding tert-OH is 1. The van der Waals surface area contributed by atoms with Crippen LogP contribution in [0, 0.1) is 17.8 Å². The number of aliphatic hydroxyl groups is 1. The van der Waals surface area contributed by atoms with Gasteiger partial charge in [0.05, 0.1) is 6.61 Å². The van der Waals surface area contributed by atoms with Crippen molar-refractivity contribution in [2.45, 2.75) is 6.92 Å². The molecule has 0 aliphatic carbocycles. The summed E-state index contributed by atoms with van der Waals surface area (Å²) >= 11 is 0. The lowest BCUT2D eigenvalue weighted by Gasteiger charge is -1.95. The summed E-state index contributed by atoms with van der Waals surface area (Å²) in [7, 11) is 0. The van der Waals surface area contributed by atoms with E-state index in [2.05, 4.69) is 11.8 Å². The molecule has 0 aliphatic heterocycles. The van der Waals surface area contributed by atoms with Crippen molar-refractivity contribution in [1.82, 2.24) is 0 Å². The van der Waals surface area contributed by atoms with Crippen molar-refractivity contribution in [1.29, 1.82) is 0 Å². The molecule has 2 nitrogen and oxygen atoms in total. The first-order valence-electron chi connectivity index (χ1n) is 4.20. The standard InChI is InChI=1S/C11H13NO/c1-9(8-13)5-6-10-3-2-4-11(12)7-10/h2-4,7,9,13H,8,12H2,1H3. The second-order valence-corrected chi connectivity index (χ2v) is 2.98. The van der Waals surface area contributed by atoms with Gasteiger partial charge in [-0.3, -0.25) is 0 Å². The largest absolute Gasteiger partial charge is 0.399 e. The molecule has 0 aliphatic rings. The Morgan fingerprint density at radius 2 is 2.31 bits per heavy atom. The molecule has 2 heteroatoms. The minimum atomic E-state index is 0.0152. The lowest BCUT2D eigenvalue weighted by Crippen LogP contribution is -1.95. The van der Waals surface area contributed by atoms with Crippen LogP contribution in [0.3, 0.4) is 0 Å². The van der Waals surface area contributed by atoms with Gasteiger partial charge in [0.15, 0.2) is 0 Å². The van der Waals surface area contributed by atoms with Crippen LogP contribution in [-0.2, 0) is 0 Å². The molecular weight excluding hydrogens is 162 g/mol. The molecule has 0 spiro atoms. The fraction of sp³-hybridized carbons (Fsp3) is 0.273. The zero-order valence-electron chi connectivity index (χ0n) is 7.62. The van der Waals surface area contributed by atoms with Gasteiger partial charge in [0.2, 0.25) is 0 Å². The van der Waals surface area contributed by atoms with Crippen LogP contribution < -0.4 is 5.73 Å². The summed E-state index contributed by atoms with van der Waals surface area (Å²) < 4.78 is 0. The molecule has 1 rings (SSSR count). The Balaban J connectivity index is 2.77. The van der Waals surface area contributed by atoms with E-state index in [1.807, 2.05) is 31.2 Å². The molecule has 1 atom stereocenters. The Bertz CT molecular complexity index is 335. The monoisotopic (exact) mass is 175 g/mol. The Hall–Kier alpha value is -1.46. The third-order valence-electron chi connectivity index (χ3n) is 1.62. The van der Waals surface area contributed by atoms with Gasteiger partial charge in [-0.25, -0.2) is 0 Å². The van der Waals surface area contributed by atoms with Crippen molar-refractivity contribution in [2.24, 2.45) is 5.92 Å². The minimum absolute atomic E-state index is 0.0152. The Labute approximate surface area is 78.4 Å². The highest BCUT2D eigenvalue weighted by molar-refractivity contribution is 5.47. The van der Waals surface area contributed by atoms with Crippen molar-refractivity contribution < 1.29 is 5.11 Å². The smallest absolute Gasteiger partial charge is 0.0566 e. The molecule has 13 heavy (non-hydrogen) atoms. The summed E-state index contributed by atoms with van der Waals surface area (Å²) in [5, 5.41) is 8.74. The maximum atomic E-state index is 8.74. The molecule has 1 aromatic carbocycles. The number of benzene rings is 1. The molecule has 0 bridgehead atoms. The zero-order valence-corrected chi connectivity index (χ0v) is 7.62. The predicted octanol–water partition coefficient (Wildman–Crippen LogP) is 1.25. The van der Waals surface area contributed by atoms with Gasteiger partial charge in [-0.2, -0.15) is 0 Å². The number of nitrogen functional groups attached to an aromatic ring is 1. The van der Waals surface area contributed by atoms with Crippen LogP contribution in [0.25, 0.3) is 0 Å². The van der Waals surface area contributed by atoms with E-state index < -0.39 is 0 Å². The molecule has 0 saturated carbocycles. The first-order chi connectivity index (χ1) is 6.22. The Morgan fingerprint density at radius 3 is 2.92 bits per heavy atom. The van der Waals surface area contributed by atoms with Crippen molar-refractivity contribution in [3.05, 3.63) is 29.8 Å². The first-order valence-corrected chi connectivity index (χ1v) is 4.20. The van der Waals surface area contributed by atoms with E-state index in [-0.39, 0.29) is 12.5 Å². The highest BCUT2D eigenvalue weighted by Crippen LogP contribution is 2.04. The predicted molar refractivity (Wildman–Crippen MR) is 54.0 cm³/mol. The minimum Gasteiger partial charge on any atom is -0.399 e. The Morgan fingerprint density at radius 1 is 1.54 bits per heavy atom. The van der Waals surface area contributed by atoms with Gasteiger partial charge in [-0.05, 0) is 25.1 Å². The Kier molecular flexibility index (Phi) is 3.36. The van der Waals surface area contributed by atoms with Crippen LogP contribution in [0.1, 0.15) is 12.5 Å². The highest BCUT2D eigenvalue weighted by atomic mass is 16.3. The zero-order chi connectivity index (χ0) is 9.68. The molecule has 68 valence electrons. The molecular formula is C11H13NO. The van der Waals surface area contributed by atoms with Crippen molar-refractivity contribution in [3.63, 3.8) is 0 Å². The summed E-state index contributed by atoms with van der Waals surface area (Å²) in [5.74, 6) is 5.88. The molecule has 1 unspecified atom stereocenters. The van der Waals surface area contributed by atoms with Crippen molar-refractivity contribution >= 4 is 5.69 Å². The van der Waals surface area contributed by atoms with E-state index in [9.17, 15) is 0 Å². The van der Waals surface area contributed by atoms with E-state index in [1.165, 1.54) is 0 Å². The molecule has 3 N–H and O–H groups in total. The van der Waals surface area contributed by atoms with Crippen LogP contribution in [0.15, 0.2) is 24.3 Å². The number of rotatable bonds is 1. The average Bonchev–Trinajstić information content (AvgIpc) is 2.14. The summed E-state index contributed by atoms with van der Waals surface area (Å²) in [5.41, 5.74) is 7.18. The second-order valence-electron chi connectivity index (χ2n) is 2.98. The maximum Gasteiger partial charge on any atom is 0.0566 e. The van der Waals surface area contributed by atoms with Crippen molar-refractivity contribution in [3.8, 4) is 11.8 Å². The third-order valence-corrected chi connectivity index (χ3v) is 1.62. The van der Waals surface area contributed by atoms with E-state index in [0.29, 0.717) is 5.69 Å². The highest BCUT2D eigenvalue weighted by Gasteiger charge is 1.91. The number of nitrogens with two attached hydrogens (primary N) is 1. The normalized spacial score (nSPS) is 11.5. The van der Waals surface area contributed by atoms with E-state index in [0.717, 1.165) is 5.56 Å². The van der Waals surface area contributed by atoms with Gasteiger partial charge in [0.1, 0.15) is 0 Å². The first kappa shape index (κ1) is 9.63. The quantitative estimate of drug-likeness (QED) is 0.498. The fourth-order valence-electron chi connectivity index (χ4n) is 0.869. The number of anilines is 1. The average molecular weight is 175 g/mol. The molecule has 0 radical (unpaired) electrons. The van der Waals surface area contributed by atoms with Crippen LogP contribution in [0.5, 0.6) is 0 Å². The van der Waals surface area contributed by atoms with Gasteiger partial charge in [0.25, 0.3) is 0 Å². The van der Waals surface area contributed by atoms with Gasteiger partial charge in [0, 0.05) is 17.2 Å². The maximum absolute atomic E-state index is 8.74. The van der Waals surface area contributed by atoms with E-state index in [4.69, 9.17) is 10.8 Å². The molecule has 0 heterocycles. The van der Waals surface area contributed by atoms with Crippen LogP contribution in [-0.4, -0.2) is 11.7 Å². The fourth-order valence-corrected chi connectivity index (χ4v) is 0.869. The van der Waals surface area contributed by atoms with Gasteiger partial charge < -0.3 is 10.8 Å². The summed E-state index contributed by atoms with van der Waals surface area (Å²) in [6, 6.07) is 7.40. The SMILES string of the molecule is CC(C#Cc1cccc(N)c1)CO. The molecule has 1 aromatic rings. The third kappa shape index (κ3) is 3.18. The summed E-state index contributed by atoms with van der Waals surface area (Å²) in [6.45, 7) is 1.97. The second kappa shape index (κ2) is 4.54. The van der Waals surface area contributed by atoms with Crippen LogP contribution >= 0.6 is 0 Å². The number of hydrogen-bond donors (Lipinski definition) is 2. The summed E-state index contributed by atoms with van der Waals surface area (Å²) in [4.78, 5) is 0.